The van der Waals surface area contributed by atoms with Crippen molar-refractivity contribution in [3.05, 3.63) is 58.3 Å². The van der Waals surface area contributed by atoms with E-state index in [4.69, 9.17) is 28.9 Å². The van der Waals surface area contributed by atoms with Crippen molar-refractivity contribution in [3.8, 4) is 22.4 Å². The molecule has 0 saturated heterocycles. The summed E-state index contributed by atoms with van der Waals surface area (Å²) < 4.78 is 13.6. The number of aromatic amines is 1. The Labute approximate surface area is 130 Å². The Hall–Kier alpha value is -2.04. The summed E-state index contributed by atoms with van der Waals surface area (Å²) in [5.74, 6) is -0.160. The second kappa shape index (κ2) is 5.39. The lowest BCUT2D eigenvalue weighted by Crippen LogP contribution is -1.89. The van der Waals surface area contributed by atoms with E-state index >= 15 is 0 Å². The van der Waals surface area contributed by atoms with Crippen LogP contribution in [0.4, 0.5) is 10.2 Å². The number of nitrogens with zero attached hydrogens (tertiary/aromatic N) is 1. The summed E-state index contributed by atoms with van der Waals surface area (Å²) in [4.78, 5) is 0. The zero-order chi connectivity index (χ0) is 15.0. The maximum absolute atomic E-state index is 13.6. The fourth-order valence-corrected chi connectivity index (χ4v) is 2.37. The first-order chi connectivity index (χ1) is 10.1. The summed E-state index contributed by atoms with van der Waals surface area (Å²) in [6.45, 7) is 0. The number of benzene rings is 2. The van der Waals surface area contributed by atoms with Gasteiger partial charge >= 0.3 is 0 Å². The van der Waals surface area contributed by atoms with E-state index in [0.29, 0.717) is 27.7 Å². The minimum atomic E-state index is -0.496. The lowest BCUT2D eigenvalue weighted by atomic mass is 10.0. The number of nitrogens with two attached hydrogens (primary N) is 1. The molecule has 0 spiro atoms. The summed E-state index contributed by atoms with van der Waals surface area (Å²) in [5, 5.41) is 7.53. The summed E-state index contributed by atoms with van der Waals surface area (Å²) in [5.41, 5.74) is 8.71. The minimum absolute atomic E-state index is 0.0688. The van der Waals surface area contributed by atoms with Crippen molar-refractivity contribution < 1.29 is 4.39 Å². The average molecular weight is 322 g/mol. The lowest BCUT2D eigenvalue weighted by molar-refractivity contribution is 0.628. The largest absolute Gasteiger partial charge is 0.382 e. The molecule has 0 saturated carbocycles. The number of nitrogen functional groups attached to an aromatic ring is 1. The second-order valence-corrected chi connectivity index (χ2v) is 5.34. The van der Waals surface area contributed by atoms with Crippen molar-refractivity contribution in [3.63, 3.8) is 0 Å². The molecule has 3 aromatic rings. The Morgan fingerprint density at radius 1 is 1.00 bits per heavy atom. The molecule has 0 aliphatic carbocycles. The van der Waals surface area contributed by atoms with E-state index in [1.165, 1.54) is 12.1 Å². The van der Waals surface area contributed by atoms with Gasteiger partial charge in [-0.15, -0.1) is 0 Å². The van der Waals surface area contributed by atoms with Gasteiger partial charge in [-0.05, 0) is 29.8 Å². The number of anilines is 1. The quantitative estimate of drug-likeness (QED) is 0.714. The number of rotatable bonds is 2. The molecule has 0 unspecified atom stereocenters. The highest BCUT2D eigenvalue weighted by Gasteiger charge is 2.15. The van der Waals surface area contributed by atoms with Gasteiger partial charge in [0.2, 0.25) is 0 Å². The van der Waals surface area contributed by atoms with Crippen LogP contribution in [0.15, 0.2) is 42.5 Å². The number of hydrogen-bond acceptors (Lipinski definition) is 2. The van der Waals surface area contributed by atoms with Crippen LogP contribution in [0, 0.1) is 5.82 Å². The van der Waals surface area contributed by atoms with Crippen molar-refractivity contribution in [1.29, 1.82) is 0 Å². The van der Waals surface area contributed by atoms with Gasteiger partial charge in [0.05, 0.1) is 16.3 Å². The molecule has 0 fully saturated rings. The molecule has 6 heteroatoms. The van der Waals surface area contributed by atoms with E-state index in [-0.39, 0.29) is 5.02 Å². The zero-order valence-corrected chi connectivity index (χ0v) is 12.2. The maximum atomic E-state index is 13.6. The number of aromatic nitrogens is 2. The molecule has 3 nitrogen and oxygen atoms in total. The predicted molar refractivity (Wildman–Crippen MR) is 83.9 cm³/mol. The number of halogens is 3. The van der Waals surface area contributed by atoms with Crippen LogP contribution in [0.25, 0.3) is 22.4 Å². The van der Waals surface area contributed by atoms with Crippen LogP contribution in [0.3, 0.4) is 0 Å². The first-order valence-electron chi connectivity index (χ1n) is 6.11. The smallest absolute Gasteiger partial charge is 0.153 e. The molecule has 0 atom stereocenters. The molecular formula is C15H10Cl2FN3. The standard InChI is InChI=1S/C15H10Cl2FN3/c16-10-4-1-8(2-5-10)13-14(20-21-15(13)19)9-3-6-11(17)12(18)7-9/h1-7H,(H3,19,20,21). The Morgan fingerprint density at radius 3 is 2.33 bits per heavy atom. The molecule has 21 heavy (non-hydrogen) atoms. The van der Waals surface area contributed by atoms with Crippen LogP contribution in [0.2, 0.25) is 10.0 Å². The van der Waals surface area contributed by atoms with Crippen LogP contribution in [0.5, 0.6) is 0 Å². The maximum Gasteiger partial charge on any atom is 0.153 e. The Bertz CT molecular complexity index is 797. The third-order valence-corrected chi connectivity index (χ3v) is 3.69. The van der Waals surface area contributed by atoms with Crippen molar-refractivity contribution in [1.82, 2.24) is 10.2 Å². The highest BCUT2D eigenvalue weighted by atomic mass is 35.5. The van der Waals surface area contributed by atoms with Crippen LogP contribution in [-0.2, 0) is 0 Å². The first-order valence-corrected chi connectivity index (χ1v) is 6.87. The van der Waals surface area contributed by atoms with Crippen LogP contribution < -0.4 is 5.73 Å². The third kappa shape index (κ3) is 2.60. The number of H-pyrrole nitrogens is 1. The fraction of sp³-hybridized carbons (Fsp3) is 0. The van der Waals surface area contributed by atoms with Crippen LogP contribution in [-0.4, -0.2) is 10.2 Å². The molecule has 1 aromatic heterocycles. The predicted octanol–water partition coefficient (Wildman–Crippen LogP) is 4.77. The molecule has 3 rings (SSSR count). The molecule has 106 valence electrons. The van der Waals surface area contributed by atoms with Gasteiger partial charge in [-0.1, -0.05) is 41.4 Å². The molecule has 0 radical (unpaired) electrons. The van der Waals surface area contributed by atoms with Gasteiger partial charge < -0.3 is 5.73 Å². The van der Waals surface area contributed by atoms with E-state index in [1.54, 1.807) is 18.2 Å². The van der Waals surface area contributed by atoms with E-state index in [1.807, 2.05) is 12.1 Å². The highest BCUT2D eigenvalue weighted by molar-refractivity contribution is 6.31. The summed E-state index contributed by atoms with van der Waals surface area (Å²) in [6, 6.07) is 11.7. The second-order valence-electron chi connectivity index (χ2n) is 4.49. The van der Waals surface area contributed by atoms with Gasteiger partial charge in [0.25, 0.3) is 0 Å². The molecule has 1 heterocycles. The number of nitrogens with one attached hydrogen (secondary N) is 1. The van der Waals surface area contributed by atoms with E-state index < -0.39 is 5.82 Å². The van der Waals surface area contributed by atoms with Gasteiger partial charge in [-0.3, -0.25) is 5.10 Å². The summed E-state index contributed by atoms with van der Waals surface area (Å²) >= 11 is 11.6. The molecule has 0 amide bonds. The van der Waals surface area contributed by atoms with Crippen LogP contribution >= 0.6 is 23.2 Å². The van der Waals surface area contributed by atoms with Gasteiger partial charge in [0.1, 0.15) is 5.82 Å². The lowest BCUT2D eigenvalue weighted by Gasteiger charge is -2.06. The molecular weight excluding hydrogens is 312 g/mol. The molecule has 2 aromatic carbocycles. The third-order valence-electron chi connectivity index (χ3n) is 3.14. The topological polar surface area (TPSA) is 54.7 Å². The fourth-order valence-electron chi connectivity index (χ4n) is 2.13. The zero-order valence-electron chi connectivity index (χ0n) is 10.7. The molecule has 3 N–H and O–H groups in total. The van der Waals surface area contributed by atoms with Crippen molar-refractivity contribution in [2.75, 3.05) is 5.73 Å². The van der Waals surface area contributed by atoms with Crippen molar-refractivity contribution in [2.24, 2.45) is 0 Å². The highest BCUT2D eigenvalue weighted by Crippen LogP contribution is 2.36. The minimum Gasteiger partial charge on any atom is -0.382 e. The Kier molecular flexibility index (Phi) is 3.57. The van der Waals surface area contributed by atoms with Gasteiger partial charge in [0, 0.05) is 10.6 Å². The van der Waals surface area contributed by atoms with Gasteiger partial charge in [-0.2, -0.15) is 5.10 Å². The number of hydrogen-bond donors (Lipinski definition) is 2. The van der Waals surface area contributed by atoms with Crippen LogP contribution in [0.1, 0.15) is 0 Å². The summed E-state index contributed by atoms with van der Waals surface area (Å²) in [6.07, 6.45) is 0. The first kappa shape index (κ1) is 13.9. The Morgan fingerprint density at radius 2 is 1.67 bits per heavy atom. The molecule has 0 bridgehead atoms. The molecule has 0 aliphatic heterocycles. The van der Waals surface area contributed by atoms with Gasteiger partial charge in [-0.25, -0.2) is 4.39 Å². The van der Waals surface area contributed by atoms with Gasteiger partial charge in [0.15, 0.2) is 5.82 Å². The van der Waals surface area contributed by atoms with E-state index in [0.717, 1.165) is 5.56 Å². The summed E-state index contributed by atoms with van der Waals surface area (Å²) in [7, 11) is 0. The van der Waals surface area contributed by atoms with E-state index in [2.05, 4.69) is 10.2 Å². The van der Waals surface area contributed by atoms with Crippen molar-refractivity contribution in [2.45, 2.75) is 0 Å². The van der Waals surface area contributed by atoms with Crippen molar-refractivity contribution >= 4 is 29.0 Å². The normalized spacial score (nSPS) is 10.8. The molecule has 0 aliphatic rings. The Balaban J connectivity index is 2.16. The van der Waals surface area contributed by atoms with E-state index in [9.17, 15) is 4.39 Å². The SMILES string of the molecule is Nc1n[nH]c(-c2ccc(Cl)c(F)c2)c1-c1ccc(Cl)cc1. The monoisotopic (exact) mass is 321 g/mol. The average Bonchev–Trinajstić information content (AvgIpc) is 2.85.